The van der Waals surface area contributed by atoms with E-state index in [1.165, 1.54) is 31.2 Å². The fourth-order valence-corrected chi connectivity index (χ4v) is 1.57. The third-order valence-electron chi connectivity index (χ3n) is 2.50. The number of carbonyl (C=O) groups excluding carboxylic acids is 2. The summed E-state index contributed by atoms with van der Waals surface area (Å²) in [5, 5.41) is 5.07. The molecule has 104 valence electrons. The molecule has 2 rings (SSSR count). The molecule has 5 nitrogen and oxygen atoms in total. The van der Waals surface area contributed by atoms with E-state index in [1.807, 2.05) is 0 Å². The summed E-state index contributed by atoms with van der Waals surface area (Å²) < 4.78 is 17.9. The Morgan fingerprint density at radius 3 is 2.50 bits per heavy atom. The molecule has 0 saturated heterocycles. The molecule has 0 unspecified atom stereocenters. The molecular formula is C14H13FN2O3. The smallest absolute Gasteiger partial charge is 0.287 e. The summed E-state index contributed by atoms with van der Waals surface area (Å²) in [6, 6.07) is 8.77. The van der Waals surface area contributed by atoms with Crippen LogP contribution in [0, 0.1) is 5.82 Å². The molecule has 0 atom stereocenters. The molecule has 0 bridgehead atoms. The lowest BCUT2D eigenvalue weighted by atomic mass is 10.2. The molecule has 1 aromatic carbocycles. The number of hydrogen-bond acceptors (Lipinski definition) is 3. The normalized spacial score (nSPS) is 10.1. The van der Waals surface area contributed by atoms with Crippen LogP contribution in [0.5, 0.6) is 0 Å². The van der Waals surface area contributed by atoms with E-state index >= 15 is 0 Å². The van der Waals surface area contributed by atoms with Gasteiger partial charge < -0.3 is 9.73 Å². The lowest BCUT2D eigenvalue weighted by Crippen LogP contribution is -2.22. The maximum absolute atomic E-state index is 12.7. The zero-order valence-electron chi connectivity index (χ0n) is 10.8. The van der Waals surface area contributed by atoms with Crippen LogP contribution in [0.4, 0.5) is 10.3 Å². The summed E-state index contributed by atoms with van der Waals surface area (Å²) in [7, 11) is 0. The highest BCUT2D eigenvalue weighted by molar-refractivity contribution is 5.93. The van der Waals surface area contributed by atoms with Crippen LogP contribution in [0.1, 0.15) is 23.0 Å². The average molecular weight is 276 g/mol. The second-order valence-corrected chi connectivity index (χ2v) is 4.15. The van der Waals surface area contributed by atoms with Crippen LogP contribution in [0.3, 0.4) is 0 Å². The average Bonchev–Trinajstić information content (AvgIpc) is 2.85. The van der Waals surface area contributed by atoms with Gasteiger partial charge in [-0.05, 0) is 23.8 Å². The Morgan fingerprint density at radius 1 is 1.15 bits per heavy atom. The van der Waals surface area contributed by atoms with E-state index in [0.717, 1.165) is 5.56 Å². The number of amides is 2. The Kier molecular flexibility index (Phi) is 4.14. The molecule has 0 aliphatic rings. The van der Waals surface area contributed by atoms with Gasteiger partial charge in [0.2, 0.25) is 5.91 Å². The van der Waals surface area contributed by atoms with Crippen molar-refractivity contribution < 1.29 is 18.4 Å². The quantitative estimate of drug-likeness (QED) is 0.900. The Labute approximate surface area is 114 Å². The van der Waals surface area contributed by atoms with E-state index in [9.17, 15) is 14.0 Å². The van der Waals surface area contributed by atoms with Crippen molar-refractivity contribution in [3.8, 4) is 0 Å². The molecule has 1 aromatic heterocycles. The maximum Gasteiger partial charge on any atom is 0.287 e. The van der Waals surface area contributed by atoms with Crippen LogP contribution in [0.25, 0.3) is 0 Å². The van der Waals surface area contributed by atoms with Gasteiger partial charge in [0.1, 0.15) is 5.82 Å². The van der Waals surface area contributed by atoms with Gasteiger partial charge in [0.15, 0.2) is 11.6 Å². The molecule has 1 heterocycles. The van der Waals surface area contributed by atoms with Crippen LogP contribution in [-0.2, 0) is 11.3 Å². The molecule has 0 spiro atoms. The zero-order valence-corrected chi connectivity index (χ0v) is 10.8. The summed E-state index contributed by atoms with van der Waals surface area (Å²) in [4.78, 5) is 22.6. The molecule has 0 saturated carbocycles. The van der Waals surface area contributed by atoms with Gasteiger partial charge in [-0.3, -0.25) is 14.9 Å². The van der Waals surface area contributed by atoms with Crippen LogP contribution in [-0.4, -0.2) is 11.8 Å². The van der Waals surface area contributed by atoms with Gasteiger partial charge in [0.25, 0.3) is 5.91 Å². The van der Waals surface area contributed by atoms with Crippen molar-refractivity contribution in [3.63, 3.8) is 0 Å². The number of anilines is 1. The summed E-state index contributed by atoms with van der Waals surface area (Å²) >= 11 is 0. The van der Waals surface area contributed by atoms with Gasteiger partial charge in [-0.2, -0.15) is 0 Å². The zero-order chi connectivity index (χ0) is 14.5. The van der Waals surface area contributed by atoms with Gasteiger partial charge in [0, 0.05) is 19.5 Å². The van der Waals surface area contributed by atoms with Gasteiger partial charge >= 0.3 is 0 Å². The third kappa shape index (κ3) is 3.68. The predicted octanol–water partition coefficient (Wildman–Crippen LogP) is 2.31. The molecule has 2 aromatic rings. The van der Waals surface area contributed by atoms with Crippen LogP contribution in [0.15, 0.2) is 40.8 Å². The molecule has 0 aliphatic heterocycles. The molecule has 0 fully saturated rings. The molecule has 0 radical (unpaired) electrons. The van der Waals surface area contributed by atoms with E-state index in [2.05, 4.69) is 10.6 Å². The number of halogens is 1. The fourth-order valence-electron chi connectivity index (χ4n) is 1.57. The highest BCUT2D eigenvalue weighted by Gasteiger charge is 2.11. The highest BCUT2D eigenvalue weighted by Crippen LogP contribution is 2.13. The molecule has 20 heavy (non-hydrogen) atoms. The first-order valence-corrected chi connectivity index (χ1v) is 5.94. The first-order chi connectivity index (χ1) is 9.54. The van der Waals surface area contributed by atoms with Crippen molar-refractivity contribution in [2.75, 3.05) is 5.32 Å². The predicted molar refractivity (Wildman–Crippen MR) is 70.6 cm³/mol. The summed E-state index contributed by atoms with van der Waals surface area (Å²) in [6.45, 7) is 1.60. The molecule has 6 heteroatoms. The Morgan fingerprint density at radius 2 is 1.85 bits per heavy atom. The summed E-state index contributed by atoms with van der Waals surface area (Å²) in [6.07, 6.45) is 0. The summed E-state index contributed by atoms with van der Waals surface area (Å²) in [5.74, 6) is -0.713. The number of carbonyl (C=O) groups is 2. The fraction of sp³-hybridized carbons (Fsp3) is 0.143. The maximum atomic E-state index is 12.7. The van der Waals surface area contributed by atoms with Crippen molar-refractivity contribution in [2.24, 2.45) is 0 Å². The number of furan rings is 1. The topological polar surface area (TPSA) is 71.3 Å². The summed E-state index contributed by atoms with van der Waals surface area (Å²) in [5.41, 5.74) is 0.772. The van der Waals surface area contributed by atoms with Gasteiger partial charge in [0.05, 0.1) is 0 Å². The number of benzene rings is 1. The van der Waals surface area contributed by atoms with Crippen LogP contribution in [0.2, 0.25) is 0 Å². The highest BCUT2D eigenvalue weighted by atomic mass is 19.1. The van der Waals surface area contributed by atoms with E-state index in [0.29, 0.717) is 0 Å². The van der Waals surface area contributed by atoms with Crippen molar-refractivity contribution in [1.29, 1.82) is 0 Å². The lowest BCUT2D eigenvalue weighted by molar-refractivity contribution is -0.114. The standard InChI is InChI=1S/C14H13FN2O3/c1-9(18)17-13-7-6-12(20-13)14(19)16-8-10-2-4-11(15)5-3-10/h2-7H,8H2,1H3,(H,16,19)(H,17,18). The van der Waals surface area contributed by atoms with Crippen molar-refractivity contribution >= 4 is 17.7 Å². The molecule has 2 amide bonds. The first-order valence-electron chi connectivity index (χ1n) is 5.94. The van der Waals surface area contributed by atoms with E-state index in [1.54, 1.807) is 12.1 Å². The van der Waals surface area contributed by atoms with Gasteiger partial charge in [-0.1, -0.05) is 12.1 Å². The number of hydrogen-bond donors (Lipinski definition) is 2. The Balaban J connectivity index is 1.93. The largest absolute Gasteiger partial charge is 0.435 e. The van der Waals surface area contributed by atoms with Gasteiger partial charge in [-0.15, -0.1) is 0 Å². The van der Waals surface area contributed by atoms with Crippen molar-refractivity contribution in [1.82, 2.24) is 5.32 Å². The third-order valence-corrected chi connectivity index (χ3v) is 2.50. The molecule has 0 aliphatic carbocycles. The van der Waals surface area contributed by atoms with E-state index < -0.39 is 5.91 Å². The monoisotopic (exact) mass is 276 g/mol. The molecular weight excluding hydrogens is 263 g/mol. The number of nitrogens with one attached hydrogen (secondary N) is 2. The van der Waals surface area contributed by atoms with Crippen LogP contribution >= 0.6 is 0 Å². The second-order valence-electron chi connectivity index (χ2n) is 4.15. The van der Waals surface area contributed by atoms with E-state index in [-0.39, 0.29) is 29.9 Å². The van der Waals surface area contributed by atoms with Crippen LogP contribution < -0.4 is 10.6 Å². The Bertz CT molecular complexity index is 620. The minimum Gasteiger partial charge on any atom is -0.435 e. The first kappa shape index (κ1) is 13.8. The lowest BCUT2D eigenvalue weighted by Gasteiger charge is -2.03. The van der Waals surface area contributed by atoms with Gasteiger partial charge in [-0.25, -0.2) is 4.39 Å². The van der Waals surface area contributed by atoms with Crippen molar-refractivity contribution in [2.45, 2.75) is 13.5 Å². The van der Waals surface area contributed by atoms with E-state index in [4.69, 9.17) is 4.42 Å². The number of rotatable bonds is 4. The van der Waals surface area contributed by atoms with Crippen molar-refractivity contribution in [3.05, 3.63) is 53.5 Å². The minimum absolute atomic E-state index is 0.0934. The molecule has 2 N–H and O–H groups in total. The minimum atomic E-state index is -0.411. The SMILES string of the molecule is CC(=O)Nc1ccc(C(=O)NCc2ccc(F)cc2)o1. The Hall–Kier alpha value is -2.63. The second kappa shape index (κ2) is 6.01.